The Kier molecular flexibility index (Phi) is 18.7. The Hall–Kier alpha value is -7.73. The number of ether oxygens (including phenoxy) is 4. The molecular weight excluding hydrogens is 1120 g/mol. The predicted molar refractivity (Wildman–Crippen MR) is 247 cm³/mol. The molecule has 1 aliphatic rings. The summed E-state index contributed by atoms with van der Waals surface area (Å²) in [5, 5.41) is 0. The molecule has 0 spiro atoms. The van der Waals surface area contributed by atoms with E-state index in [4.69, 9.17) is 0 Å². The van der Waals surface area contributed by atoms with Crippen LogP contribution in [0.5, 0.6) is 23.0 Å². The van der Waals surface area contributed by atoms with Gasteiger partial charge in [0.2, 0.25) is 5.75 Å². The van der Waals surface area contributed by atoms with Crippen LogP contribution in [0.25, 0.3) is 22.3 Å². The van der Waals surface area contributed by atoms with E-state index >= 15 is 0 Å². The normalized spacial score (nSPS) is 14.8. The van der Waals surface area contributed by atoms with Gasteiger partial charge in [0.05, 0.1) is 5.92 Å². The van der Waals surface area contributed by atoms with Crippen molar-refractivity contribution in [2.24, 2.45) is 11.8 Å². The molecule has 0 amide bonds. The van der Waals surface area contributed by atoms with Crippen LogP contribution in [0, 0.1) is 95.5 Å². The molecule has 0 heterocycles. The van der Waals surface area contributed by atoms with Crippen LogP contribution >= 0.6 is 0 Å². The lowest BCUT2D eigenvalue weighted by molar-refractivity contribution is -0.276. The zero-order valence-corrected chi connectivity index (χ0v) is 40.9. The van der Waals surface area contributed by atoms with Crippen molar-refractivity contribution >= 4 is 0 Å². The van der Waals surface area contributed by atoms with Crippen molar-refractivity contribution in [3.63, 3.8) is 0 Å². The summed E-state index contributed by atoms with van der Waals surface area (Å²) < 4.78 is 300. The van der Waals surface area contributed by atoms with E-state index in [9.17, 15) is 92.2 Å². The van der Waals surface area contributed by atoms with E-state index in [1.54, 1.807) is 50.2 Å². The molecule has 1 fully saturated rings. The van der Waals surface area contributed by atoms with Crippen molar-refractivity contribution < 1.29 is 113 Å². The zero-order chi connectivity index (χ0) is 59.4. The molecule has 0 aliphatic heterocycles. The first-order valence-electron chi connectivity index (χ1n) is 23.0. The Morgan fingerprint density at radius 2 is 0.662 bits per heavy atom. The van der Waals surface area contributed by atoms with Gasteiger partial charge in [0.25, 0.3) is 0 Å². The van der Waals surface area contributed by atoms with E-state index in [1.165, 1.54) is 12.1 Å². The molecule has 1 aliphatic carbocycles. The monoisotopic (exact) mass is 1160 g/mol. The van der Waals surface area contributed by atoms with Gasteiger partial charge in [-0.15, -0.1) is 13.2 Å². The first-order chi connectivity index (χ1) is 37.1. The van der Waals surface area contributed by atoms with E-state index < -0.39 is 135 Å². The van der Waals surface area contributed by atoms with Crippen LogP contribution in [-0.4, -0.2) is 12.5 Å². The fourth-order valence-corrected chi connectivity index (χ4v) is 7.75. The topological polar surface area (TPSA) is 36.9 Å². The molecule has 8 rings (SSSR count). The summed E-state index contributed by atoms with van der Waals surface area (Å²) in [6.07, 6.45) is -16.5. The molecule has 0 aromatic heterocycles. The highest BCUT2D eigenvalue weighted by Crippen LogP contribution is 2.43. The molecule has 25 heteroatoms. The van der Waals surface area contributed by atoms with Crippen LogP contribution < -0.4 is 18.9 Å². The highest BCUT2D eigenvalue weighted by molar-refractivity contribution is 5.65. The van der Waals surface area contributed by atoms with Crippen LogP contribution in [0.15, 0.2) is 109 Å². The number of halogens is 21. The fourth-order valence-electron chi connectivity index (χ4n) is 7.75. The minimum absolute atomic E-state index is 0. The van der Waals surface area contributed by atoms with Gasteiger partial charge >= 0.3 is 24.7 Å². The lowest BCUT2D eigenvalue weighted by atomic mass is 9.82. The first kappa shape index (κ1) is 61.5. The largest absolute Gasteiger partial charge is 0.573 e. The number of hydrogen-bond donors (Lipinski definition) is 0. The van der Waals surface area contributed by atoms with Crippen molar-refractivity contribution in [3.8, 4) is 45.3 Å². The maximum atomic E-state index is 14.4. The van der Waals surface area contributed by atoms with E-state index in [2.05, 4.69) is 18.9 Å². The summed E-state index contributed by atoms with van der Waals surface area (Å²) >= 11 is 0. The van der Waals surface area contributed by atoms with Crippen molar-refractivity contribution in [2.75, 3.05) is 0 Å². The van der Waals surface area contributed by atoms with Gasteiger partial charge in [-0.3, -0.25) is 0 Å². The Morgan fingerprint density at radius 1 is 0.362 bits per heavy atom. The molecule has 0 radical (unpaired) electrons. The van der Waals surface area contributed by atoms with Crippen LogP contribution in [0.4, 0.5) is 92.2 Å². The average molecular weight is 1160 g/mol. The first-order valence-corrected chi connectivity index (χ1v) is 23.0. The third-order valence-electron chi connectivity index (χ3n) is 11.8. The second kappa shape index (κ2) is 24.3. The van der Waals surface area contributed by atoms with Gasteiger partial charge in [0.15, 0.2) is 46.5 Å². The lowest BCUT2D eigenvalue weighted by Crippen LogP contribution is -2.37. The molecule has 7 aromatic carbocycles. The molecule has 0 bridgehead atoms. The van der Waals surface area contributed by atoms with Crippen LogP contribution in [0.3, 0.4) is 0 Å². The summed E-state index contributed by atoms with van der Waals surface area (Å²) in [6, 6.07) is 16.4. The summed E-state index contributed by atoms with van der Waals surface area (Å²) in [6.45, 7) is 5.55. The standard InChI is InChI=1S/C21H11F9O2.C20H11F7O.C14H15F5O.H2/c1-10-2-4-11(5-3-10)12-6-14(22)18(15(23)7-12)20(26,27)31-13-8-16(24)19(17(25)9-13)32-21(28,29)30;1-10-2-4-11(5-3-10)12-6-14(21)18(15(22)7-12)20(26,27)28-13-8-16(23)19(25)17(24)9-13;1-8-2-4-9(5-3-8)14(18,19)20-10-6-11(15)13(17)12(16)7-10;/h2-9H,1H3;2-9H,1H3;6-9H,2-5H2,1H3;1H. The lowest BCUT2D eigenvalue weighted by Gasteiger charge is -2.32. The van der Waals surface area contributed by atoms with Crippen LogP contribution in [0.2, 0.25) is 0 Å². The highest BCUT2D eigenvalue weighted by atomic mass is 19.4. The van der Waals surface area contributed by atoms with Crippen molar-refractivity contribution in [2.45, 2.75) is 71.1 Å². The van der Waals surface area contributed by atoms with Gasteiger partial charge in [-0.2, -0.15) is 26.3 Å². The number of benzene rings is 7. The van der Waals surface area contributed by atoms with E-state index in [0.29, 0.717) is 79.1 Å². The maximum absolute atomic E-state index is 14.4. The highest BCUT2D eigenvalue weighted by Gasteiger charge is 2.45. The summed E-state index contributed by atoms with van der Waals surface area (Å²) in [5.41, 5.74) is -1.20. The maximum Gasteiger partial charge on any atom is 0.573 e. The number of hydrogen-bond acceptors (Lipinski definition) is 4. The summed E-state index contributed by atoms with van der Waals surface area (Å²) in [5.74, 6) is -26.7. The third-order valence-corrected chi connectivity index (χ3v) is 11.8. The molecule has 0 unspecified atom stereocenters. The Labute approximate surface area is 441 Å². The van der Waals surface area contributed by atoms with Gasteiger partial charge in [-0.05, 0) is 79.1 Å². The van der Waals surface area contributed by atoms with Gasteiger partial charge in [-0.25, -0.2) is 52.7 Å². The number of aryl methyl sites for hydroxylation is 2. The van der Waals surface area contributed by atoms with E-state index in [1.807, 2.05) is 6.92 Å². The zero-order valence-electron chi connectivity index (χ0n) is 40.9. The van der Waals surface area contributed by atoms with Gasteiger partial charge < -0.3 is 18.9 Å². The summed E-state index contributed by atoms with van der Waals surface area (Å²) in [7, 11) is 0. The minimum atomic E-state index is -5.46. The van der Waals surface area contributed by atoms with Crippen molar-refractivity contribution in [3.05, 3.63) is 201 Å². The van der Waals surface area contributed by atoms with Gasteiger partial charge in [-0.1, -0.05) is 79.4 Å². The SMILES string of the molecule is CC1CCC(C(F)(F)Oc2cc(F)c(F)c(F)c2)CC1.Cc1ccc(-c2cc(F)c(C(F)(F)Oc3cc(F)c(F)c(F)c3)c(F)c2)cc1.Cc1ccc(-c2cc(F)c(C(F)(F)Oc3cc(F)c(OC(F)(F)F)c(F)c3)c(F)c2)cc1.[HH]. The fraction of sp³-hybridized carbons (Fsp3) is 0.236. The number of alkyl halides is 9. The molecule has 430 valence electrons. The van der Waals surface area contributed by atoms with Gasteiger partial charge in [0, 0.05) is 37.8 Å². The minimum Gasteiger partial charge on any atom is -0.432 e. The Balaban J connectivity index is 0.000000227. The summed E-state index contributed by atoms with van der Waals surface area (Å²) in [4.78, 5) is 0. The van der Waals surface area contributed by atoms with Crippen molar-refractivity contribution in [1.82, 2.24) is 0 Å². The van der Waals surface area contributed by atoms with Crippen molar-refractivity contribution in [1.29, 1.82) is 0 Å². The molecule has 0 N–H and O–H groups in total. The van der Waals surface area contributed by atoms with E-state index in [-0.39, 0.29) is 36.8 Å². The van der Waals surface area contributed by atoms with Crippen LogP contribution in [-0.2, 0) is 12.2 Å². The second-order valence-corrected chi connectivity index (χ2v) is 17.9. The smallest absolute Gasteiger partial charge is 0.432 e. The molecule has 1 saturated carbocycles. The number of rotatable bonds is 12. The third kappa shape index (κ3) is 15.3. The predicted octanol–water partition coefficient (Wildman–Crippen LogP) is 18.9. The Bertz CT molecular complexity index is 3210. The molecule has 80 heavy (non-hydrogen) atoms. The molecule has 7 aromatic rings. The molecular formula is C55H39F21O4. The van der Waals surface area contributed by atoms with E-state index in [0.717, 1.165) is 11.1 Å². The second-order valence-electron chi connectivity index (χ2n) is 17.9. The quantitative estimate of drug-likeness (QED) is 0.0902. The Morgan fingerprint density at radius 3 is 0.975 bits per heavy atom. The molecule has 4 nitrogen and oxygen atoms in total. The average Bonchev–Trinajstić information content (AvgIpc) is 3.35. The molecule has 0 atom stereocenters. The van der Waals surface area contributed by atoms with Crippen LogP contribution in [0.1, 0.15) is 56.3 Å². The molecule has 0 saturated heterocycles. The van der Waals surface area contributed by atoms with Gasteiger partial charge in [0.1, 0.15) is 51.6 Å².